The van der Waals surface area contributed by atoms with Gasteiger partial charge in [-0.2, -0.15) is 0 Å². The van der Waals surface area contributed by atoms with E-state index >= 15 is 0 Å². The number of ether oxygens (including phenoxy) is 1. The first-order valence-corrected chi connectivity index (χ1v) is 8.24. The van der Waals surface area contributed by atoms with Gasteiger partial charge in [0.15, 0.2) is 0 Å². The molecule has 3 rings (SSSR count). The Morgan fingerprint density at radius 2 is 1.48 bits per heavy atom. The lowest BCUT2D eigenvalue weighted by Crippen LogP contribution is -2.42. The monoisotopic (exact) mass is 309 g/mol. The van der Waals surface area contributed by atoms with Crippen molar-refractivity contribution in [3.8, 4) is 11.5 Å². The Morgan fingerprint density at radius 3 is 2.09 bits per heavy atom. The molecular weight excluding hydrogens is 286 g/mol. The Bertz CT molecular complexity index is 641. The molecule has 0 aromatic heterocycles. The summed E-state index contributed by atoms with van der Waals surface area (Å²) in [4.78, 5) is 14.6. The number of carbonyl (C=O) groups excluding carboxylic acids is 1. The Kier molecular flexibility index (Phi) is 4.65. The van der Waals surface area contributed by atoms with Crippen LogP contribution in [-0.2, 0) is 0 Å². The lowest BCUT2D eigenvalue weighted by atomic mass is 9.91. The number of hydrogen-bond donors (Lipinski definition) is 0. The molecule has 2 atom stereocenters. The third-order valence-corrected chi connectivity index (χ3v) is 4.24. The van der Waals surface area contributed by atoms with Crippen molar-refractivity contribution in [2.45, 2.75) is 20.3 Å². The molecule has 2 aromatic carbocycles. The third-order valence-electron chi connectivity index (χ3n) is 4.24. The molecule has 1 aliphatic rings. The molecule has 1 amide bonds. The molecule has 0 N–H and O–H groups in total. The van der Waals surface area contributed by atoms with Gasteiger partial charge >= 0.3 is 0 Å². The SMILES string of the molecule is C[C@H]1C[C@H](C)CN(C(=O)c2ccc(Oc3ccccc3)cc2)C1. The Balaban J connectivity index is 1.68. The van der Waals surface area contributed by atoms with Crippen molar-refractivity contribution in [3.63, 3.8) is 0 Å². The third kappa shape index (κ3) is 3.92. The van der Waals surface area contributed by atoms with Crippen LogP contribution in [0.1, 0.15) is 30.6 Å². The Hall–Kier alpha value is -2.29. The van der Waals surface area contributed by atoms with E-state index in [0.717, 1.165) is 30.2 Å². The fourth-order valence-corrected chi connectivity index (χ4v) is 3.30. The normalized spacial score (nSPS) is 21.0. The zero-order valence-corrected chi connectivity index (χ0v) is 13.7. The van der Waals surface area contributed by atoms with E-state index in [1.807, 2.05) is 59.5 Å². The first-order valence-electron chi connectivity index (χ1n) is 8.24. The molecule has 0 saturated carbocycles. The number of hydrogen-bond acceptors (Lipinski definition) is 2. The molecule has 23 heavy (non-hydrogen) atoms. The highest BCUT2D eigenvalue weighted by Crippen LogP contribution is 2.24. The Morgan fingerprint density at radius 1 is 0.913 bits per heavy atom. The second-order valence-electron chi connectivity index (χ2n) is 6.60. The van der Waals surface area contributed by atoms with E-state index in [9.17, 15) is 4.79 Å². The molecule has 0 spiro atoms. The van der Waals surface area contributed by atoms with Crippen molar-refractivity contribution in [2.24, 2.45) is 11.8 Å². The van der Waals surface area contributed by atoms with Crippen LogP contribution in [-0.4, -0.2) is 23.9 Å². The fourth-order valence-electron chi connectivity index (χ4n) is 3.30. The summed E-state index contributed by atoms with van der Waals surface area (Å²) in [6.45, 7) is 6.14. The van der Waals surface area contributed by atoms with Crippen LogP contribution >= 0.6 is 0 Å². The van der Waals surface area contributed by atoms with Crippen molar-refractivity contribution in [3.05, 3.63) is 60.2 Å². The highest BCUT2D eigenvalue weighted by Gasteiger charge is 2.26. The predicted molar refractivity (Wildman–Crippen MR) is 91.8 cm³/mol. The molecule has 1 aliphatic heterocycles. The summed E-state index contributed by atoms with van der Waals surface area (Å²) in [5.41, 5.74) is 0.728. The molecule has 1 heterocycles. The largest absolute Gasteiger partial charge is 0.457 e. The van der Waals surface area contributed by atoms with Gasteiger partial charge in [0, 0.05) is 18.7 Å². The zero-order valence-electron chi connectivity index (χ0n) is 13.7. The van der Waals surface area contributed by atoms with Gasteiger partial charge in [-0.25, -0.2) is 0 Å². The molecule has 0 radical (unpaired) electrons. The van der Waals surface area contributed by atoms with E-state index in [-0.39, 0.29) is 5.91 Å². The van der Waals surface area contributed by atoms with Gasteiger partial charge in [-0.15, -0.1) is 0 Å². The summed E-state index contributed by atoms with van der Waals surface area (Å²) < 4.78 is 5.77. The van der Waals surface area contributed by atoms with Crippen LogP contribution in [0.4, 0.5) is 0 Å². The first kappa shape index (κ1) is 15.6. The lowest BCUT2D eigenvalue weighted by molar-refractivity contribution is 0.0623. The topological polar surface area (TPSA) is 29.5 Å². The second kappa shape index (κ2) is 6.86. The average molecular weight is 309 g/mol. The molecular formula is C20H23NO2. The molecule has 0 unspecified atom stereocenters. The van der Waals surface area contributed by atoms with Crippen LogP contribution in [0.2, 0.25) is 0 Å². The number of amides is 1. The van der Waals surface area contributed by atoms with E-state index in [0.29, 0.717) is 11.8 Å². The first-order chi connectivity index (χ1) is 11.1. The molecule has 3 nitrogen and oxygen atoms in total. The van der Waals surface area contributed by atoms with Gasteiger partial charge in [-0.05, 0) is 54.7 Å². The quantitative estimate of drug-likeness (QED) is 0.829. The van der Waals surface area contributed by atoms with Crippen molar-refractivity contribution < 1.29 is 9.53 Å². The van der Waals surface area contributed by atoms with Crippen LogP contribution in [0, 0.1) is 11.8 Å². The van der Waals surface area contributed by atoms with Gasteiger partial charge < -0.3 is 9.64 Å². The van der Waals surface area contributed by atoms with Crippen molar-refractivity contribution >= 4 is 5.91 Å². The number of piperidine rings is 1. The molecule has 0 bridgehead atoms. The van der Waals surface area contributed by atoms with Crippen molar-refractivity contribution in [1.29, 1.82) is 0 Å². The van der Waals surface area contributed by atoms with Crippen LogP contribution in [0.3, 0.4) is 0 Å². The van der Waals surface area contributed by atoms with Gasteiger partial charge in [0.1, 0.15) is 11.5 Å². The van der Waals surface area contributed by atoms with E-state index < -0.39 is 0 Å². The average Bonchev–Trinajstić information content (AvgIpc) is 2.55. The molecule has 0 aliphatic carbocycles. The minimum Gasteiger partial charge on any atom is -0.457 e. The fraction of sp³-hybridized carbons (Fsp3) is 0.350. The van der Waals surface area contributed by atoms with Crippen molar-refractivity contribution in [1.82, 2.24) is 4.90 Å². The van der Waals surface area contributed by atoms with Gasteiger partial charge in [0.25, 0.3) is 5.91 Å². The van der Waals surface area contributed by atoms with E-state index in [2.05, 4.69) is 13.8 Å². The molecule has 2 aromatic rings. The zero-order chi connectivity index (χ0) is 16.2. The number of benzene rings is 2. The standard InChI is InChI=1S/C20H23NO2/c1-15-12-16(2)14-21(13-15)20(22)17-8-10-19(11-9-17)23-18-6-4-3-5-7-18/h3-11,15-16H,12-14H2,1-2H3/t15-,16-/m0/s1. The van der Waals surface area contributed by atoms with E-state index in [4.69, 9.17) is 4.74 Å². The van der Waals surface area contributed by atoms with E-state index in [1.54, 1.807) is 0 Å². The minimum absolute atomic E-state index is 0.120. The van der Waals surface area contributed by atoms with Gasteiger partial charge in [0.2, 0.25) is 0 Å². The molecule has 1 saturated heterocycles. The summed E-state index contributed by atoms with van der Waals surface area (Å²) in [7, 11) is 0. The number of likely N-dealkylation sites (tertiary alicyclic amines) is 1. The molecule has 1 fully saturated rings. The number of carbonyl (C=O) groups is 1. The summed E-state index contributed by atoms with van der Waals surface area (Å²) in [6, 6.07) is 17.1. The second-order valence-corrected chi connectivity index (χ2v) is 6.60. The smallest absolute Gasteiger partial charge is 0.253 e. The molecule has 3 heteroatoms. The highest BCUT2D eigenvalue weighted by atomic mass is 16.5. The van der Waals surface area contributed by atoms with Gasteiger partial charge in [0.05, 0.1) is 0 Å². The summed E-state index contributed by atoms with van der Waals surface area (Å²) >= 11 is 0. The van der Waals surface area contributed by atoms with Crippen LogP contribution in [0.15, 0.2) is 54.6 Å². The van der Waals surface area contributed by atoms with E-state index in [1.165, 1.54) is 6.42 Å². The Labute approximate surface area is 137 Å². The van der Waals surface area contributed by atoms with Crippen LogP contribution < -0.4 is 4.74 Å². The maximum Gasteiger partial charge on any atom is 0.253 e. The van der Waals surface area contributed by atoms with Gasteiger partial charge in [-0.1, -0.05) is 32.0 Å². The predicted octanol–water partition coefficient (Wildman–Crippen LogP) is 4.60. The highest BCUT2D eigenvalue weighted by molar-refractivity contribution is 5.94. The van der Waals surface area contributed by atoms with Crippen molar-refractivity contribution in [2.75, 3.05) is 13.1 Å². The lowest BCUT2D eigenvalue weighted by Gasteiger charge is -2.35. The summed E-state index contributed by atoms with van der Waals surface area (Å²) in [5, 5.41) is 0. The maximum atomic E-state index is 12.6. The number of para-hydroxylation sites is 1. The number of rotatable bonds is 3. The molecule has 120 valence electrons. The van der Waals surface area contributed by atoms with Crippen LogP contribution in [0.5, 0.6) is 11.5 Å². The van der Waals surface area contributed by atoms with Gasteiger partial charge in [-0.3, -0.25) is 4.79 Å². The maximum absolute atomic E-state index is 12.6. The minimum atomic E-state index is 0.120. The number of nitrogens with zero attached hydrogens (tertiary/aromatic N) is 1. The van der Waals surface area contributed by atoms with Crippen LogP contribution in [0.25, 0.3) is 0 Å². The summed E-state index contributed by atoms with van der Waals surface area (Å²) in [5.74, 6) is 2.81. The summed E-state index contributed by atoms with van der Waals surface area (Å²) in [6.07, 6.45) is 1.20.